The van der Waals surface area contributed by atoms with Crippen LogP contribution in [-0.4, -0.2) is 22.1 Å². The molecule has 1 unspecified atom stereocenters. The molecule has 0 saturated carbocycles. The molecule has 18 heavy (non-hydrogen) atoms. The molecular formula is C12H15FN4O. The second-order valence-electron chi connectivity index (χ2n) is 3.92. The highest BCUT2D eigenvalue weighted by Gasteiger charge is 2.10. The Bertz CT molecular complexity index is 541. The van der Waals surface area contributed by atoms with E-state index in [9.17, 15) is 4.39 Å². The molecule has 0 saturated heterocycles. The van der Waals surface area contributed by atoms with Gasteiger partial charge in [0.05, 0.1) is 30.7 Å². The number of benzene rings is 1. The zero-order valence-corrected chi connectivity index (χ0v) is 10.3. The molecule has 0 fully saturated rings. The minimum Gasteiger partial charge on any atom is -0.494 e. The first-order valence-corrected chi connectivity index (χ1v) is 5.67. The van der Waals surface area contributed by atoms with Crippen LogP contribution in [0.3, 0.4) is 0 Å². The summed E-state index contributed by atoms with van der Waals surface area (Å²) in [5.41, 5.74) is 7.25. The molecule has 2 rings (SSSR count). The van der Waals surface area contributed by atoms with Gasteiger partial charge in [0, 0.05) is 6.07 Å². The van der Waals surface area contributed by atoms with E-state index in [0.717, 1.165) is 6.42 Å². The van der Waals surface area contributed by atoms with Gasteiger partial charge in [-0.3, -0.25) is 0 Å². The number of hydrogen-bond donors (Lipinski definition) is 1. The van der Waals surface area contributed by atoms with Gasteiger partial charge < -0.3 is 10.5 Å². The van der Waals surface area contributed by atoms with Gasteiger partial charge in [0.15, 0.2) is 11.6 Å². The molecule has 5 nitrogen and oxygen atoms in total. The van der Waals surface area contributed by atoms with Gasteiger partial charge in [-0.15, -0.1) is 5.10 Å². The molecule has 2 aromatic rings. The topological polar surface area (TPSA) is 66.0 Å². The summed E-state index contributed by atoms with van der Waals surface area (Å²) in [6.45, 7) is 1.98. The summed E-state index contributed by atoms with van der Waals surface area (Å²) in [6, 6.07) is 4.36. The van der Waals surface area contributed by atoms with Gasteiger partial charge in [-0.05, 0) is 18.6 Å². The van der Waals surface area contributed by atoms with E-state index in [4.69, 9.17) is 10.5 Å². The molecule has 1 atom stereocenters. The van der Waals surface area contributed by atoms with Gasteiger partial charge in [0.2, 0.25) is 0 Å². The van der Waals surface area contributed by atoms with Crippen molar-refractivity contribution in [1.82, 2.24) is 15.0 Å². The lowest BCUT2D eigenvalue weighted by Crippen LogP contribution is -2.08. The molecule has 0 bridgehead atoms. The van der Waals surface area contributed by atoms with E-state index in [1.54, 1.807) is 23.0 Å². The fourth-order valence-electron chi connectivity index (χ4n) is 1.57. The van der Waals surface area contributed by atoms with Crippen LogP contribution in [0.1, 0.15) is 25.1 Å². The molecule has 96 valence electrons. The molecule has 0 amide bonds. The third-order valence-corrected chi connectivity index (χ3v) is 2.73. The van der Waals surface area contributed by atoms with Crippen LogP contribution < -0.4 is 10.5 Å². The number of nitrogens with zero attached hydrogens (tertiary/aromatic N) is 3. The van der Waals surface area contributed by atoms with Crippen molar-refractivity contribution < 1.29 is 9.13 Å². The van der Waals surface area contributed by atoms with Crippen LogP contribution in [0.5, 0.6) is 5.75 Å². The van der Waals surface area contributed by atoms with Gasteiger partial charge in [-0.1, -0.05) is 12.1 Å². The van der Waals surface area contributed by atoms with Crippen molar-refractivity contribution in [2.45, 2.75) is 19.4 Å². The summed E-state index contributed by atoms with van der Waals surface area (Å²) >= 11 is 0. The predicted molar refractivity (Wildman–Crippen MR) is 65.1 cm³/mol. The van der Waals surface area contributed by atoms with Crippen molar-refractivity contribution in [3.05, 3.63) is 35.9 Å². The number of methoxy groups -OCH3 is 1. The van der Waals surface area contributed by atoms with E-state index in [2.05, 4.69) is 10.3 Å². The van der Waals surface area contributed by atoms with Gasteiger partial charge in [0.25, 0.3) is 0 Å². The second kappa shape index (κ2) is 5.14. The molecule has 2 N–H and O–H groups in total. The molecule has 0 aliphatic heterocycles. The SMILES string of the molecule is CCC(N)c1cn(-c2ccc(F)c(OC)c2)nn1. The molecule has 0 aliphatic rings. The number of rotatable bonds is 4. The number of nitrogens with two attached hydrogens (primary N) is 1. The van der Waals surface area contributed by atoms with E-state index in [0.29, 0.717) is 11.4 Å². The fraction of sp³-hybridized carbons (Fsp3) is 0.333. The third-order valence-electron chi connectivity index (χ3n) is 2.73. The Morgan fingerprint density at radius 2 is 2.28 bits per heavy atom. The van der Waals surface area contributed by atoms with E-state index in [-0.39, 0.29) is 11.8 Å². The van der Waals surface area contributed by atoms with Gasteiger partial charge in [0.1, 0.15) is 0 Å². The Balaban J connectivity index is 2.34. The van der Waals surface area contributed by atoms with Crippen molar-refractivity contribution in [2.24, 2.45) is 5.73 Å². The predicted octanol–water partition coefficient (Wildman–Crippen LogP) is 1.82. The van der Waals surface area contributed by atoms with Gasteiger partial charge >= 0.3 is 0 Å². The monoisotopic (exact) mass is 250 g/mol. The maximum absolute atomic E-state index is 13.3. The van der Waals surface area contributed by atoms with Crippen molar-refractivity contribution >= 4 is 0 Å². The fourth-order valence-corrected chi connectivity index (χ4v) is 1.57. The first kappa shape index (κ1) is 12.5. The molecule has 0 aliphatic carbocycles. The van der Waals surface area contributed by atoms with Gasteiger partial charge in [-0.25, -0.2) is 9.07 Å². The van der Waals surface area contributed by atoms with E-state index < -0.39 is 5.82 Å². The molecule has 1 heterocycles. The zero-order valence-electron chi connectivity index (χ0n) is 10.3. The van der Waals surface area contributed by atoms with Crippen molar-refractivity contribution in [2.75, 3.05) is 7.11 Å². The summed E-state index contributed by atoms with van der Waals surface area (Å²) in [5, 5.41) is 7.96. The first-order valence-electron chi connectivity index (χ1n) is 5.67. The van der Waals surface area contributed by atoms with Crippen LogP contribution in [0.4, 0.5) is 4.39 Å². The highest BCUT2D eigenvalue weighted by molar-refractivity contribution is 5.39. The quantitative estimate of drug-likeness (QED) is 0.899. The average molecular weight is 250 g/mol. The smallest absolute Gasteiger partial charge is 0.165 e. The molecule has 1 aromatic carbocycles. The molecular weight excluding hydrogens is 235 g/mol. The van der Waals surface area contributed by atoms with Gasteiger partial charge in [-0.2, -0.15) is 0 Å². The van der Waals surface area contributed by atoms with Crippen LogP contribution in [0.25, 0.3) is 5.69 Å². The molecule has 0 spiro atoms. The Morgan fingerprint density at radius 3 is 2.94 bits per heavy atom. The molecule has 1 aromatic heterocycles. The summed E-state index contributed by atoms with van der Waals surface area (Å²) in [7, 11) is 1.42. The van der Waals surface area contributed by atoms with Crippen LogP contribution in [0.2, 0.25) is 0 Å². The number of ether oxygens (including phenoxy) is 1. The zero-order chi connectivity index (χ0) is 13.1. The largest absolute Gasteiger partial charge is 0.494 e. The second-order valence-corrected chi connectivity index (χ2v) is 3.92. The Hall–Kier alpha value is -1.95. The van der Waals surface area contributed by atoms with Crippen molar-refractivity contribution in [1.29, 1.82) is 0 Å². The Kier molecular flexibility index (Phi) is 3.57. The minimum atomic E-state index is -0.410. The number of hydrogen-bond acceptors (Lipinski definition) is 4. The molecule has 0 radical (unpaired) electrons. The van der Waals surface area contributed by atoms with Crippen LogP contribution in [0, 0.1) is 5.82 Å². The summed E-state index contributed by atoms with van der Waals surface area (Å²) in [4.78, 5) is 0. The third kappa shape index (κ3) is 2.33. The lowest BCUT2D eigenvalue weighted by Gasteiger charge is -2.05. The number of aromatic nitrogens is 3. The highest BCUT2D eigenvalue weighted by atomic mass is 19.1. The highest BCUT2D eigenvalue weighted by Crippen LogP contribution is 2.21. The minimum absolute atomic E-state index is 0.138. The normalized spacial score (nSPS) is 12.4. The lowest BCUT2D eigenvalue weighted by atomic mass is 10.2. The average Bonchev–Trinajstić information content (AvgIpc) is 2.88. The van der Waals surface area contributed by atoms with E-state index in [1.807, 2.05) is 6.92 Å². The maximum atomic E-state index is 13.3. The summed E-state index contributed by atoms with van der Waals surface area (Å²) in [6.07, 6.45) is 2.52. The van der Waals surface area contributed by atoms with Crippen LogP contribution in [0.15, 0.2) is 24.4 Å². The lowest BCUT2D eigenvalue weighted by molar-refractivity contribution is 0.386. The standard InChI is InChI=1S/C12H15FN4O/c1-3-10(14)11-7-17(16-15-11)8-4-5-9(13)12(6-8)18-2/h4-7,10H,3,14H2,1-2H3. The van der Waals surface area contributed by atoms with Crippen molar-refractivity contribution in [3.8, 4) is 11.4 Å². The van der Waals surface area contributed by atoms with E-state index >= 15 is 0 Å². The first-order chi connectivity index (χ1) is 8.65. The van der Waals surface area contributed by atoms with Crippen LogP contribution >= 0.6 is 0 Å². The molecule has 6 heteroatoms. The summed E-state index contributed by atoms with van der Waals surface area (Å²) < 4.78 is 19.8. The Labute approximate surface area is 104 Å². The summed E-state index contributed by atoms with van der Waals surface area (Å²) in [5.74, 6) is -0.240. The van der Waals surface area contributed by atoms with Crippen LogP contribution in [-0.2, 0) is 0 Å². The van der Waals surface area contributed by atoms with E-state index in [1.165, 1.54) is 13.2 Å². The maximum Gasteiger partial charge on any atom is 0.165 e. The Morgan fingerprint density at radius 1 is 1.50 bits per heavy atom. The number of halogens is 1. The van der Waals surface area contributed by atoms with Crippen molar-refractivity contribution in [3.63, 3.8) is 0 Å².